The molecule has 0 saturated carbocycles. The minimum Gasteiger partial charge on any atom is -0.508 e. The average Bonchev–Trinajstić information content (AvgIpc) is 2.51. The molecule has 0 aromatic heterocycles. The van der Waals surface area contributed by atoms with Crippen LogP contribution in [-0.4, -0.2) is 39.3 Å². The Balaban J connectivity index is 2.49. The van der Waals surface area contributed by atoms with Crippen LogP contribution in [0.15, 0.2) is 30.4 Å². The molecule has 1 heterocycles. The summed E-state index contributed by atoms with van der Waals surface area (Å²) in [6, 6.07) is 1.07. The lowest BCUT2D eigenvalue weighted by atomic mass is 9.95. The lowest BCUT2D eigenvalue weighted by molar-refractivity contribution is -0.114. The van der Waals surface area contributed by atoms with E-state index in [1.54, 1.807) is 32.1 Å². The molecule has 2 rings (SSSR count). The number of fused-ring (bicyclic) bond motifs is 1. The van der Waals surface area contributed by atoms with Crippen molar-refractivity contribution in [1.29, 1.82) is 0 Å². The van der Waals surface area contributed by atoms with Gasteiger partial charge in [-0.15, -0.1) is 0 Å². The van der Waals surface area contributed by atoms with Crippen LogP contribution in [0.4, 0.5) is 0 Å². The Kier molecular flexibility index (Phi) is 5.98. The number of carbonyl (C=O) groups is 2. The molecule has 2 atom stereocenters. The minimum atomic E-state index is -0.758. The maximum absolute atomic E-state index is 12.5. The number of phenolic OH excluding ortho intramolecular Hbond substituents is 2. The number of cyclic esters (lactones) is 1. The molecule has 0 bridgehead atoms. The van der Waals surface area contributed by atoms with Crippen molar-refractivity contribution in [3.63, 3.8) is 0 Å². The van der Waals surface area contributed by atoms with E-state index in [4.69, 9.17) is 4.74 Å². The zero-order valence-corrected chi connectivity index (χ0v) is 14.2. The molecule has 0 spiro atoms. The van der Waals surface area contributed by atoms with E-state index in [-0.39, 0.29) is 35.5 Å². The number of phenols is 2. The first-order valence-electron chi connectivity index (χ1n) is 8.09. The van der Waals surface area contributed by atoms with E-state index in [1.165, 1.54) is 6.08 Å². The maximum Gasteiger partial charge on any atom is 0.342 e. The van der Waals surface area contributed by atoms with Crippen LogP contribution in [0.3, 0.4) is 0 Å². The fraction of sp³-hybridized carbons (Fsp3) is 0.368. The Bertz CT molecular complexity index is 732. The summed E-state index contributed by atoms with van der Waals surface area (Å²) in [6.45, 7) is 3.26. The zero-order chi connectivity index (χ0) is 18.6. The maximum atomic E-state index is 12.5. The summed E-state index contributed by atoms with van der Waals surface area (Å²) in [5.74, 6) is -1.70. The molecule has 1 aliphatic heterocycles. The van der Waals surface area contributed by atoms with Gasteiger partial charge in [0.05, 0.1) is 6.10 Å². The monoisotopic (exact) mass is 346 g/mol. The number of aromatic hydroxyl groups is 2. The van der Waals surface area contributed by atoms with Gasteiger partial charge in [0, 0.05) is 18.9 Å². The number of esters is 1. The van der Waals surface area contributed by atoms with Gasteiger partial charge < -0.3 is 20.1 Å². The molecular weight excluding hydrogens is 324 g/mol. The summed E-state index contributed by atoms with van der Waals surface area (Å²) >= 11 is 0. The van der Waals surface area contributed by atoms with E-state index < -0.39 is 23.9 Å². The van der Waals surface area contributed by atoms with E-state index in [0.29, 0.717) is 12.0 Å². The Morgan fingerprint density at radius 2 is 1.84 bits per heavy atom. The van der Waals surface area contributed by atoms with Crippen molar-refractivity contribution >= 4 is 11.8 Å². The summed E-state index contributed by atoms with van der Waals surface area (Å²) in [5.41, 5.74) is 0.466. The first kappa shape index (κ1) is 18.7. The molecule has 1 aromatic carbocycles. The molecule has 0 radical (unpaired) electrons. The molecular formula is C19H22O6. The van der Waals surface area contributed by atoms with Crippen molar-refractivity contribution in [3.8, 4) is 11.5 Å². The first-order chi connectivity index (χ1) is 11.8. The van der Waals surface area contributed by atoms with E-state index in [0.717, 1.165) is 6.07 Å². The molecule has 0 amide bonds. The number of aliphatic hydroxyl groups excluding tert-OH is 1. The van der Waals surface area contributed by atoms with Crippen molar-refractivity contribution in [2.45, 2.75) is 45.3 Å². The lowest BCUT2D eigenvalue weighted by Gasteiger charge is -2.17. The normalized spacial score (nSPS) is 24.8. The smallest absolute Gasteiger partial charge is 0.342 e. The highest BCUT2D eigenvalue weighted by atomic mass is 16.5. The van der Waals surface area contributed by atoms with E-state index in [9.17, 15) is 24.9 Å². The van der Waals surface area contributed by atoms with E-state index >= 15 is 0 Å². The summed E-state index contributed by atoms with van der Waals surface area (Å²) in [7, 11) is 0. The van der Waals surface area contributed by atoms with Gasteiger partial charge in [-0.3, -0.25) is 4.79 Å². The van der Waals surface area contributed by atoms with Crippen LogP contribution in [0.25, 0.3) is 0 Å². The third-order valence-corrected chi connectivity index (χ3v) is 4.04. The van der Waals surface area contributed by atoms with E-state index in [1.807, 2.05) is 0 Å². The van der Waals surface area contributed by atoms with Gasteiger partial charge in [-0.25, -0.2) is 4.79 Å². The van der Waals surface area contributed by atoms with Gasteiger partial charge >= 0.3 is 5.97 Å². The highest BCUT2D eigenvalue weighted by molar-refractivity contribution is 5.99. The molecule has 1 aliphatic rings. The summed E-state index contributed by atoms with van der Waals surface area (Å²) in [5, 5.41) is 29.8. The van der Waals surface area contributed by atoms with E-state index in [2.05, 4.69) is 0 Å². The summed E-state index contributed by atoms with van der Waals surface area (Å²) in [4.78, 5) is 24.6. The second kappa shape index (κ2) is 7.98. The van der Waals surface area contributed by atoms with Crippen LogP contribution >= 0.6 is 0 Å². The van der Waals surface area contributed by atoms with Crippen LogP contribution in [0.1, 0.15) is 41.3 Å². The number of allylic oxidation sites excluding steroid dienone is 1. The van der Waals surface area contributed by atoms with Gasteiger partial charge in [-0.1, -0.05) is 18.2 Å². The Morgan fingerprint density at radius 1 is 1.12 bits per heavy atom. The second-order valence-electron chi connectivity index (χ2n) is 6.12. The fourth-order valence-electron chi connectivity index (χ4n) is 2.62. The molecule has 25 heavy (non-hydrogen) atoms. The predicted molar refractivity (Wildman–Crippen MR) is 91.6 cm³/mol. The highest BCUT2D eigenvalue weighted by Gasteiger charge is 2.24. The number of benzene rings is 1. The Hall–Kier alpha value is -2.60. The quantitative estimate of drug-likeness (QED) is 0.492. The van der Waals surface area contributed by atoms with Crippen LogP contribution in [0.2, 0.25) is 0 Å². The number of rotatable bonds is 0. The molecule has 3 N–H and O–H groups in total. The molecule has 6 heteroatoms. The third-order valence-electron chi connectivity index (χ3n) is 4.04. The van der Waals surface area contributed by atoms with Gasteiger partial charge in [0.2, 0.25) is 0 Å². The Morgan fingerprint density at radius 3 is 2.56 bits per heavy atom. The number of hydrogen-bond acceptors (Lipinski definition) is 6. The minimum absolute atomic E-state index is 0.107. The highest BCUT2D eigenvalue weighted by Crippen LogP contribution is 2.33. The molecule has 1 unspecified atom stereocenters. The molecule has 0 saturated heterocycles. The largest absolute Gasteiger partial charge is 0.508 e. The SMILES string of the molecule is Cc1c(O)cc(O)c2c1CC(=O)/C=C/CC(O)/C=C/C[C@@H](C)OC2=O. The number of carbonyl (C=O) groups excluding carboxylic acids is 2. The number of hydrogen-bond donors (Lipinski definition) is 3. The molecule has 6 nitrogen and oxygen atoms in total. The zero-order valence-electron chi connectivity index (χ0n) is 14.2. The van der Waals surface area contributed by atoms with Crippen LogP contribution in [-0.2, 0) is 16.0 Å². The Labute approximate surface area is 146 Å². The average molecular weight is 346 g/mol. The van der Waals surface area contributed by atoms with Crippen molar-refractivity contribution in [3.05, 3.63) is 47.1 Å². The molecule has 134 valence electrons. The molecule has 1 aromatic rings. The standard InChI is InChI=1S/C19H22O6/c1-11-5-3-6-13(20)7-4-8-14(21)9-15-12(2)16(22)10-17(23)18(15)19(24)25-11/h3-4,6,8,10-11,13,20,22-23H,5,7,9H2,1-2H3/b6-3+,8-4+/t11-,13?/m1/s1. The molecule has 0 fully saturated rings. The van der Waals surface area contributed by atoms with Crippen LogP contribution in [0.5, 0.6) is 11.5 Å². The topological polar surface area (TPSA) is 104 Å². The van der Waals surface area contributed by atoms with Gasteiger partial charge in [0.15, 0.2) is 5.78 Å². The second-order valence-corrected chi connectivity index (χ2v) is 6.12. The number of aliphatic hydroxyl groups is 1. The van der Waals surface area contributed by atoms with Crippen molar-refractivity contribution < 1.29 is 29.6 Å². The summed E-state index contributed by atoms with van der Waals surface area (Å²) in [6.07, 6.45) is 5.47. The summed E-state index contributed by atoms with van der Waals surface area (Å²) < 4.78 is 5.33. The van der Waals surface area contributed by atoms with Crippen molar-refractivity contribution in [2.24, 2.45) is 0 Å². The van der Waals surface area contributed by atoms with Crippen LogP contribution in [0, 0.1) is 6.92 Å². The predicted octanol–water partition coefficient (Wildman–Crippen LogP) is 2.33. The third kappa shape index (κ3) is 4.70. The lowest BCUT2D eigenvalue weighted by Crippen LogP contribution is -2.18. The first-order valence-corrected chi connectivity index (χ1v) is 8.09. The van der Waals surface area contributed by atoms with Gasteiger partial charge in [0.1, 0.15) is 23.2 Å². The number of ketones is 1. The fourth-order valence-corrected chi connectivity index (χ4v) is 2.62. The van der Waals surface area contributed by atoms with Crippen molar-refractivity contribution in [1.82, 2.24) is 0 Å². The van der Waals surface area contributed by atoms with Crippen LogP contribution < -0.4 is 0 Å². The van der Waals surface area contributed by atoms with Gasteiger partial charge in [0.25, 0.3) is 0 Å². The molecule has 0 aliphatic carbocycles. The van der Waals surface area contributed by atoms with Gasteiger partial charge in [-0.05, 0) is 37.5 Å². The van der Waals surface area contributed by atoms with Gasteiger partial charge in [-0.2, -0.15) is 0 Å². The van der Waals surface area contributed by atoms with Crippen molar-refractivity contribution in [2.75, 3.05) is 0 Å². The number of ether oxygens (including phenoxy) is 1.